The molecule has 18 heavy (non-hydrogen) atoms. The van der Waals surface area contributed by atoms with E-state index in [0.29, 0.717) is 12.2 Å². The molecule has 0 amide bonds. The van der Waals surface area contributed by atoms with Crippen LogP contribution in [0.3, 0.4) is 0 Å². The van der Waals surface area contributed by atoms with Crippen LogP contribution >= 0.6 is 0 Å². The molecule has 5 heteroatoms. The Hall–Kier alpha value is -1.36. The van der Waals surface area contributed by atoms with E-state index >= 15 is 0 Å². The highest BCUT2D eigenvalue weighted by molar-refractivity contribution is 5.55. The molecule has 102 valence electrons. The SMILES string of the molecule is CCN(CCO)c1ccc(NC(C)C(F)F)cc1. The summed E-state index contributed by atoms with van der Waals surface area (Å²) in [7, 11) is 0. The van der Waals surface area contributed by atoms with Gasteiger partial charge in [-0.15, -0.1) is 0 Å². The second kappa shape index (κ2) is 7.16. The maximum absolute atomic E-state index is 12.4. The standard InChI is InChI=1S/C13H20F2N2O/c1-3-17(8-9-18)12-6-4-11(5-7-12)16-10(2)13(14)15/h4-7,10,13,16,18H,3,8-9H2,1-2H3. The summed E-state index contributed by atoms with van der Waals surface area (Å²) in [6, 6.07) is 6.40. The summed E-state index contributed by atoms with van der Waals surface area (Å²) in [4.78, 5) is 2.01. The van der Waals surface area contributed by atoms with Crippen LogP contribution in [0.1, 0.15) is 13.8 Å². The molecule has 2 N–H and O–H groups in total. The fourth-order valence-electron chi connectivity index (χ4n) is 1.68. The zero-order valence-electron chi connectivity index (χ0n) is 10.7. The summed E-state index contributed by atoms with van der Waals surface area (Å²) >= 11 is 0. The molecule has 0 fully saturated rings. The minimum absolute atomic E-state index is 0.0935. The van der Waals surface area contributed by atoms with Gasteiger partial charge < -0.3 is 15.3 Å². The zero-order valence-corrected chi connectivity index (χ0v) is 10.7. The quantitative estimate of drug-likeness (QED) is 0.789. The van der Waals surface area contributed by atoms with Crippen LogP contribution in [0, 0.1) is 0 Å². The zero-order chi connectivity index (χ0) is 13.5. The Bertz CT molecular complexity index is 343. The molecule has 0 bridgehead atoms. The Morgan fingerprint density at radius 2 is 1.89 bits per heavy atom. The first-order valence-corrected chi connectivity index (χ1v) is 6.09. The molecule has 0 aliphatic carbocycles. The Morgan fingerprint density at radius 3 is 2.33 bits per heavy atom. The third-order valence-corrected chi connectivity index (χ3v) is 2.76. The predicted molar refractivity (Wildman–Crippen MR) is 70.5 cm³/mol. The van der Waals surface area contributed by atoms with E-state index in [1.54, 1.807) is 12.1 Å². The number of rotatable bonds is 7. The number of anilines is 2. The van der Waals surface area contributed by atoms with E-state index in [4.69, 9.17) is 5.11 Å². The summed E-state index contributed by atoms with van der Waals surface area (Å²) in [6.45, 7) is 4.90. The van der Waals surface area contributed by atoms with E-state index in [1.165, 1.54) is 6.92 Å². The molecule has 1 atom stereocenters. The lowest BCUT2D eigenvalue weighted by atomic mass is 10.2. The summed E-state index contributed by atoms with van der Waals surface area (Å²) in [5, 5.41) is 11.7. The van der Waals surface area contributed by atoms with Crippen molar-refractivity contribution < 1.29 is 13.9 Å². The number of nitrogens with one attached hydrogen (secondary N) is 1. The highest BCUT2D eigenvalue weighted by Crippen LogP contribution is 2.19. The Morgan fingerprint density at radius 1 is 1.28 bits per heavy atom. The van der Waals surface area contributed by atoms with Gasteiger partial charge in [0.15, 0.2) is 0 Å². The van der Waals surface area contributed by atoms with Crippen molar-refractivity contribution in [2.75, 3.05) is 29.9 Å². The van der Waals surface area contributed by atoms with Gasteiger partial charge in [-0.2, -0.15) is 0 Å². The fourth-order valence-corrected chi connectivity index (χ4v) is 1.68. The van der Waals surface area contributed by atoms with Gasteiger partial charge in [0, 0.05) is 24.5 Å². The summed E-state index contributed by atoms with van der Waals surface area (Å²) in [5.74, 6) is 0. The third-order valence-electron chi connectivity index (χ3n) is 2.76. The van der Waals surface area contributed by atoms with Crippen molar-refractivity contribution in [1.29, 1.82) is 0 Å². The minimum atomic E-state index is -2.38. The number of alkyl halides is 2. The summed E-state index contributed by atoms with van der Waals surface area (Å²) in [6.07, 6.45) is -2.38. The van der Waals surface area contributed by atoms with Gasteiger partial charge in [-0.25, -0.2) is 8.78 Å². The van der Waals surface area contributed by atoms with Crippen molar-refractivity contribution in [3.63, 3.8) is 0 Å². The molecule has 1 aromatic rings. The van der Waals surface area contributed by atoms with Crippen molar-refractivity contribution in [3.8, 4) is 0 Å². The molecule has 0 aliphatic heterocycles. The average Bonchev–Trinajstić information content (AvgIpc) is 2.37. The topological polar surface area (TPSA) is 35.5 Å². The number of hydrogen-bond acceptors (Lipinski definition) is 3. The molecule has 1 aromatic carbocycles. The van der Waals surface area contributed by atoms with Crippen LogP contribution in [0.15, 0.2) is 24.3 Å². The van der Waals surface area contributed by atoms with Crippen molar-refractivity contribution in [3.05, 3.63) is 24.3 Å². The van der Waals surface area contributed by atoms with Gasteiger partial charge in [0.05, 0.1) is 12.6 Å². The summed E-state index contributed by atoms with van der Waals surface area (Å²) < 4.78 is 24.8. The van der Waals surface area contributed by atoms with E-state index < -0.39 is 12.5 Å². The lowest BCUT2D eigenvalue weighted by Gasteiger charge is -2.22. The van der Waals surface area contributed by atoms with Gasteiger partial charge >= 0.3 is 0 Å². The molecular weight excluding hydrogens is 238 g/mol. The molecule has 0 heterocycles. The number of nitrogens with zero attached hydrogens (tertiary/aromatic N) is 1. The third kappa shape index (κ3) is 4.14. The molecule has 1 unspecified atom stereocenters. The molecule has 0 spiro atoms. The summed E-state index contributed by atoms with van der Waals surface area (Å²) in [5.41, 5.74) is 1.65. The van der Waals surface area contributed by atoms with Crippen LogP contribution in [0.2, 0.25) is 0 Å². The normalized spacial score (nSPS) is 12.6. The maximum Gasteiger partial charge on any atom is 0.258 e. The van der Waals surface area contributed by atoms with Crippen molar-refractivity contribution >= 4 is 11.4 Å². The average molecular weight is 258 g/mol. The lowest BCUT2D eigenvalue weighted by molar-refractivity contribution is 0.131. The van der Waals surface area contributed by atoms with Gasteiger partial charge in [0.25, 0.3) is 6.43 Å². The highest BCUT2D eigenvalue weighted by atomic mass is 19.3. The van der Waals surface area contributed by atoms with Crippen LogP contribution in [-0.4, -0.2) is 37.3 Å². The first-order chi connectivity index (χ1) is 8.58. The van der Waals surface area contributed by atoms with E-state index in [1.807, 2.05) is 24.0 Å². The Balaban J connectivity index is 2.67. The highest BCUT2D eigenvalue weighted by Gasteiger charge is 2.13. The van der Waals surface area contributed by atoms with E-state index in [2.05, 4.69) is 5.32 Å². The van der Waals surface area contributed by atoms with Crippen LogP contribution < -0.4 is 10.2 Å². The first-order valence-electron chi connectivity index (χ1n) is 6.09. The Kier molecular flexibility index (Phi) is 5.85. The molecule has 0 aromatic heterocycles. The minimum Gasteiger partial charge on any atom is -0.395 e. The van der Waals surface area contributed by atoms with Crippen LogP contribution in [0.25, 0.3) is 0 Å². The second-order valence-corrected chi connectivity index (χ2v) is 4.12. The second-order valence-electron chi connectivity index (χ2n) is 4.12. The van der Waals surface area contributed by atoms with Crippen LogP contribution in [0.4, 0.5) is 20.2 Å². The number of benzene rings is 1. The number of aliphatic hydroxyl groups excluding tert-OH is 1. The predicted octanol–water partition coefficient (Wildman–Crippen LogP) is 2.57. The van der Waals surface area contributed by atoms with Gasteiger partial charge in [-0.3, -0.25) is 0 Å². The van der Waals surface area contributed by atoms with Crippen molar-refractivity contribution in [2.45, 2.75) is 26.3 Å². The fraction of sp³-hybridized carbons (Fsp3) is 0.538. The van der Waals surface area contributed by atoms with Crippen LogP contribution in [-0.2, 0) is 0 Å². The van der Waals surface area contributed by atoms with Crippen molar-refractivity contribution in [2.24, 2.45) is 0 Å². The molecule has 3 nitrogen and oxygen atoms in total. The molecule has 0 saturated carbocycles. The number of aliphatic hydroxyl groups is 1. The Labute approximate surface area is 106 Å². The molecule has 0 aliphatic rings. The monoisotopic (exact) mass is 258 g/mol. The lowest BCUT2D eigenvalue weighted by Crippen LogP contribution is -2.26. The molecule has 1 rings (SSSR count). The van der Waals surface area contributed by atoms with E-state index in [-0.39, 0.29) is 6.61 Å². The maximum atomic E-state index is 12.4. The van der Waals surface area contributed by atoms with Crippen LogP contribution in [0.5, 0.6) is 0 Å². The molecular formula is C13H20F2N2O. The number of halogens is 2. The van der Waals surface area contributed by atoms with Gasteiger partial charge in [0.2, 0.25) is 0 Å². The largest absolute Gasteiger partial charge is 0.395 e. The number of hydrogen-bond donors (Lipinski definition) is 2. The van der Waals surface area contributed by atoms with E-state index in [9.17, 15) is 8.78 Å². The van der Waals surface area contributed by atoms with Gasteiger partial charge in [-0.05, 0) is 38.1 Å². The van der Waals surface area contributed by atoms with E-state index in [0.717, 1.165) is 12.2 Å². The van der Waals surface area contributed by atoms with Gasteiger partial charge in [-0.1, -0.05) is 0 Å². The molecule has 0 radical (unpaired) electrons. The van der Waals surface area contributed by atoms with Gasteiger partial charge in [0.1, 0.15) is 0 Å². The molecule has 0 saturated heterocycles. The first kappa shape index (κ1) is 14.7. The smallest absolute Gasteiger partial charge is 0.258 e. The number of likely N-dealkylation sites (N-methyl/N-ethyl adjacent to an activating group) is 1. The van der Waals surface area contributed by atoms with Crippen molar-refractivity contribution in [1.82, 2.24) is 0 Å².